The van der Waals surface area contributed by atoms with Crippen molar-refractivity contribution in [2.45, 2.75) is 0 Å². The zero-order valence-corrected chi connectivity index (χ0v) is 30.6. The highest BCUT2D eigenvalue weighted by atomic mass is 16.3. The summed E-state index contributed by atoms with van der Waals surface area (Å²) in [5, 5.41) is 9.39. The molecule has 0 saturated carbocycles. The van der Waals surface area contributed by atoms with E-state index in [0.29, 0.717) is 0 Å². The summed E-state index contributed by atoms with van der Waals surface area (Å²) in [7, 11) is 0. The van der Waals surface area contributed by atoms with Gasteiger partial charge in [-0.15, -0.1) is 0 Å². The van der Waals surface area contributed by atoms with Crippen LogP contribution in [0.1, 0.15) is 0 Å². The molecule has 0 saturated heterocycles. The second kappa shape index (κ2) is 13.2. The van der Waals surface area contributed by atoms with Gasteiger partial charge in [-0.25, -0.2) is 0 Å². The lowest BCUT2D eigenvalue weighted by atomic mass is 9.94. The fourth-order valence-corrected chi connectivity index (χ4v) is 8.43. The van der Waals surface area contributed by atoms with Crippen molar-refractivity contribution in [2.75, 3.05) is 4.90 Å². The van der Waals surface area contributed by atoms with Gasteiger partial charge in [0.1, 0.15) is 11.2 Å². The smallest absolute Gasteiger partial charge is 0.143 e. The maximum absolute atomic E-state index is 6.65. The normalized spacial score (nSPS) is 11.6. The topological polar surface area (TPSA) is 16.4 Å². The van der Waals surface area contributed by atoms with E-state index in [1.165, 1.54) is 49.4 Å². The Morgan fingerprint density at radius 2 is 0.804 bits per heavy atom. The van der Waals surface area contributed by atoms with Crippen molar-refractivity contribution in [1.29, 1.82) is 0 Å². The molecular weight excluding hydrogens is 679 g/mol. The van der Waals surface area contributed by atoms with Gasteiger partial charge < -0.3 is 9.32 Å². The summed E-state index contributed by atoms with van der Waals surface area (Å²) in [6.07, 6.45) is 0. The van der Waals surface area contributed by atoms with Gasteiger partial charge >= 0.3 is 0 Å². The van der Waals surface area contributed by atoms with Gasteiger partial charge in [0, 0.05) is 33.2 Å². The van der Waals surface area contributed by atoms with Crippen molar-refractivity contribution in [3.63, 3.8) is 0 Å². The molecular formula is C54H35NO. The van der Waals surface area contributed by atoms with Crippen LogP contribution in [0.4, 0.5) is 17.1 Å². The van der Waals surface area contributed by atoms with E-state index in [2.05, 4.69) is 217 Å². The van der Waals surface area contributed by atoms with Crippen molar-refractivity contribution in [3.05, 3.63) is 212 Å². The highest BCUT2D eigenvalue weighted by Gasteiger charge is 2.19. The van der Waals surface area contributed by atoms with E-state index in [4.69, 9.17) is 4.42 Å². The van der Waals surface area contributed by atoms with Gasteiger partial charge in [0.25, 0.3) is 0 Å². The molecule has 0 fully saturated rings. The molecule has 0 N–H and O–H groups in total. The highest BCUT2D eigenvalue weighted by Crippen LogP contribution is 2.44. The molecule has 56 heavy (non-hydrogen) atoms. The van der Waals surface area contributed by atoms with Crippen LogP contribution in [0.25, 0.3) is 87.6 Å². The molecule has 0 unspecified atom stereocenters. The van der Waals surface area contributed by atoms with E-state index in [9.17, 15) is 0 Å². The van der Waals surface area contributed by atoms with E-state index in [1.54, 1.807) is 0 Å². The van der Waals surface area contributed by atoms with Crippen molar-refractivity contribution in [1.82, 2.24) is 0 Å². The van der Waals surface area contributed by atoms with E-state index in [1.807, 2.05) is 0 Å². The van der Waals surface area contributed by atoms with E-state index in [-0.39, 0.29) is 0 Å². The zero-order chi connectivity index (χ0) is 37.0. The maximum atomic E-state index is 6.65. The molecule has 0 aliphatic heterocycles. The molecule has 2 nitrogen and oxygen atoms in total. The van der Waals surface area contributed by atoms with E-state index >= 15 is 0 Å². The van der Waals surface area contributed by atoms with Crippen LogP contribution in [-0.4, -0.2) is 0 Å². The van der Waals surface area contributed by atoms with Gasteiger partial charge in [-0.05, 0) is 121 Å². The average molecular weight is 714 g/mol. The predicted molar refractivity (Wildman–Crippen MR) is 237 cm³/mol. The lowest BCUT2D eigenvalue weighted by molar-refractivity contribution is 0.673. The maximum Gasteiger partial charge on any atom is 0.143 e. The molecule has 11 rings (SSSR count). The Morgan fingerprint density at radius 3 is 1.52 bits per heavy atom. The van der Waals surface area contributed by atoms with Crippen LogP contribution in [-0.2, 0) is 0 Å². The van der Waals surface area contributed by atoms with Crippen LogP contribution in [0.2, 0.25) is 0 Å². The van der Waals surface area contributed by atoms with Crippen molar-refractivity contribution < 1.29 is 4.42 Å². The summed E-state index contributed by atoms with van der Waals surface area (Å²) in [6.45, 7) is 0. The molecule has 0 bridgehead atoms. The first kappa shape index (κ1) is 32.0. The van der Waals surface area contributed by atoms with Crippen molar-refractivity contribution in [3.8, 4) is 33.4 Å². The minimum absolute atomic E-state index is 0.908. The quantitative estimate of drug-likeness (QED) is 0.171. The third kappa shape index (κ3) is 5.51. The van der Waals surface area contributed by atoms with Crippen LogP contribution in [0.3, 0.4) is 0 Å². The molecule has 1 aromatic heterocycles. The van der Waals surface area contributed by atoms with Gasteiger partial charge in [-0.2, -0.15) is 0 Å². The summed E-state index contributed by atoms with van der Waals surface area (Å²) in [5.74, 6) is 0. The fourth-order valence-electron chi connectivity index (χ4n) is 8.43. The van der Waals surface area contributed by atoms with Gasteiger partial charge in [-0.3, -0.25) is 0 Å². The third-order valence-electron chi connectivity index (χ3n) is 11.2. The minimum atomic E-state index is 0.908. The Labute approximate surface area is 325 Å². The Morgan fingerprint density at radius 1 is 0.286 bits per heavy atom. The molecule has 262 valence electrons. The lowest BCUT2D eigenvalue weighted by Gasteiger charge is -2.27. The van der Waals surface area contributed by atoms with Gasteiger partial charge in [0.2, 0.25) is 0 Å². The van der Waals surface area contributed by atoms with E-state index < -0.39 is 0 Å². The predicted octanol–water partition coefficient (Wildman–Crippen LogP) is 15.5. The van der Waals surface area contributed by atoms with Crippen LogP contribution in [0.15, 0.2) is 217 Å². The summed E-state index contributed by atoms with van der Waals surface area (Å²) in [4.78, 5) is 2.39. The summed E-state index contributed by atoms with van der Waals surface area (Å²) in [6, 6.07) is 76.6. The van der Waals surface area contributed by atoms with E-state index in [0.717, 1.165) is 55.3 Å². The Bertz CT molecular complexity index is 3270. The Balaban J connectivity index is 1.10. The fraction of sp³-hybridized carbons (Fsp3) is 0. The SMILES string of the molecule is c1ccc(-c2cccc(N(c3cccc(-c4ccc5ccccc5c4)c3)c3cccc(-c4cc5c6cc7ccccc7cc6oc5c5ccccc45)c3)c2)cc1. The molecule has 0 radical (unpaired) electrons. The second-order valence-corrected chi connectivity index (χ2v) is 14.6. The summed E-state index contributed by atoms with van der Waals surface area (Å²) in [5.41, 5.74) is 12.1. The molecule has 10 aromatic carbocycles. The molecule has 0 atom stereocenters. The molecule has 1 heterocycles. The average Bonchev–Trinajstić information content (AvgIpc) is 3.63. The number of nitrogens with zero attached hydrogens (tertiary/aromatic N) is 1. The van der Waals surface area contributed by atoms with Crippen LogP contribution in [0, 0.1) is 0 Å². The molecule has 0 aliphatic rings. The minimum Gasteiger partial charge on any atom is -0.455 e. The first-order valence-corrected chi connectivity index (χ1v) is 19.2. The highest BCUT2D eigenvalue weighted by molar-refractivity contribution is 6.20. The van der Waals surface area contributed by atoms with Crippen LogP contribution in [0.5, 0.6) is 0 Å². The number of hydrogen-bond acceptors (Lipinski definition) is 2. The number of hydrogen-bond donors (Lipinski definition) is 0. The zero-order valence-electron chi connectivity index (χ0n) is 30.6. The number of anilines is 3. The molecule has 0 spiro atoms. The number of rotatable bonds is 6. The van der Waals surface area contributed by atoms with Crippen molar-refractivity contribution >= 4 is 71.3 Å². The monoisotopic (exact) mass is 713 g/mol. The van der Waals surface area contributed by atoms with Crippen LogP contribution < -0.4 is 4.90 Å². The van der Waals surface area contributed by atoms with Crippen LogP contribution >= 0.6 is 0 Å². The summed E-state index contributed by atoms with van der Waals surface area (Å²) >= 11 is 0. The lowest BCUT2D eigenvalue weighted by Crippen LogP contribution is -2.10. The molecule has 11 aromatic rings. The van der Waals surface area contributed by atoms with Gasteiger partial charge in [0.15, 0.2) is 0 Å². The second-order valence-electron chi connectivity index (χ2n) is 14.6. The van der Waals surface area contributed by atoms with Crippen molar-refractivity contribution in [2.24, 2.45) is 0 Å². The Hall–Kier alpha value is -7.42. The standard InChI is InChI=1S/C54H35NO/c1-2-13-36(14-3-1)39-19-10-22-45(30-39)55(46-23-11-20-40(31-46)43-28-27-37-15-4-5-16-38(37)29-43)47-24-12-21-44(32-47)50-35-52-51-33-41-17-6-7-18-42(41)34-53(51)56-54(52)49-26-9-8-25-48(49)50/h1-35H. The largest absolute Gasteiger partial charge is 0.455 e. The first-order valence-electron chi connectivity index (χ1n) is 19.2. The Kier molecular flexibility index (Phi) is 7.53. The molecule has 0 amide bonds. The molecule has 0 aliphatic carbocycles. The number of benzene rings is 10. The third-order valence-corrected chi connectivity index (χ3v) is 11.2. The molecule has 2 heteroatoms. The van der Waals surface area contributed by atoms with Gasteiger partial charge in [-0.1, -0.05) is 152 Å². The first-order chi connectivity index (χ1) is 27.7. The summed E-state index contributed by atoms with van der Waals surface area (Å²) < 4.78 is 6.65. The number of furan rings is 1. The number of fused-ring (bicyclic) bond motifs is 7. The van der Waals surface area contributed by atoms with Gasteiger partial charge in [0.05, 0.1) is 0 Å².